The van der Waals surface area contributed by atoms with E-state index in [9.17, 15) is 14.0 Å². The number of benzene rings is 1. The summed E-state index contributed by atoms with van der Waals surface area (Å²) < 4.78 is 17.1. The van der Waals surface area contributed by atoms with Gasteiger partial charge in [-0.05, 0) is 17.7 Å². The van der Waals surface area contributed by atoms with Crippen LogP contribution >= 0.6 is 0 Å². The van der Waals surface area contributed by atoms with Crippen molar-refractivity contribution in [3.05, 3.63) is 62.7 Å². The second-order valence-corrected chi connectivity index (χ2v) is 5.18. The van der Waals surface area contributed by atoms with Gasteiger partial charge in [0.25, 0.3) is 5.56 Å². The van der Waals surface area contributed by atoms with E-state index in [0.717, 1.165) is 0 Å². The number of aromatic nitrogens is 6. The number of nitrogens with one attached hydrogen (secondary N) is 1. The Morgan fingerprint density at radius 1 is 1.22 bits per heavy atom. The van der Waals surface area contributed by atoms with Crippen LogP contribution in [0.1, 0.15) is 5.56 Å². The van der Waals surface area contributed by atoms with Crippen molar-refractivity contribution in [2.45, 2.75) is 6.54 Å². The van der Waals surface area contributed by atoms with Crippen LogP contribution in [0, 0.1) is 5.82 Å². The second kappa shape index (κ2) is 4.63. The molecule has 116 valence electrons. The first-order valence-corrected chi connectivity index (χ1v) is 6.82. The average molecular weight is 314 g/mol. The van der Waals surface area contributed by atoms with Gasteiger partial charge in [0, 0.05) is 7.05 Å². The number of aromatic amines is 1. The van der Waals surface area contributed by atoms with Gasteiger partial charge in [0.15, 0.2) is 5.52 Å². The Morgan fingerprint density at radius 3 is 2.70 bits per heavy atom. The van der Waals surface area contributed by atoms with E-state index in [2.05, 4.69) is 15.3 Å². The predicted octanol–water partition coefficient (Wildman–Crippen LogP) is 0.258. The summed E-state index contributed by atoms with van der Waals surface area (Å²) in [6.45, 7) is 0.161. The van der Waals surface area contributed by atoms with Gasteiger partial charge in [0.2, 0.25) is 5.78 Å². The molecule has 1 aromatic carbocycles. The number of fused-ring (bicyclic) bond motifs is 3. The first kappa shape index (κ1) is 13.4. The maximum atomic E-state index is 13.0. The number of halogens is 1. The third kappa shape index (κ3) is 1.90. The lowest BCUT2D eigenvalue weighted by Gasteiger charge is -2.08. The Hall–Kier alpha value is -3.23. The number of nitrogens with zero attached hydrogens (tertiary/aromatic N) is 5. The molecule has 0 unspecified atom stereocenters. The molecular formula is C14H11FN6O2. The Bertz CT molecular complexity index is 1150. The van der Waals surface area contributed by atoms with Crippen LogP contribution in [-0.4, -0.2) is 28.9 Å². The first-order chi connectivity index (χ1) is 11.1. The minimum Gasteiger partial charge on any atom is -0.270 e. The van der Waals surface area contributed by atoms with Gasteiger partial charge in [-0.1, -0.05) is 12.1 Å². The zero-order chi connectivity index (χ0) is 16.1. The summed E-state index contributed by atoms with van der Waals surface area (Å²) >= 11 is 0. The lowest BCUT2D eigenvalue weighted by atomic mass is 10.2. The van der Waals surface area contributed by atoms with Crippen LogP contribution < -0.4 is 11.2 Å². The number of hydrogen-bond donors (Lipinski definition) is 1. The highest BCUT2D eigenvalue weighted by atomic mass is 19.1. The summed E-state index contributed by atoms with van der Waals surface area (Å²) in [5, 5.41) is 10.3. The molecule has 1 N–H and O–H groups in total. The van der Waals surface area contributed by atoms with Crippen LogP contribution in [0.15, 0.2) is 40.1 Å². The third-order valence-corrected chi connectivity index (χ3v) is 3.76. The van der Waals surface area contributed by atoms with Gasteiger partial charge in [0.1, 0.15) is 11.3 Å². The van der Waals surface area contributed by atoms with E-state index < -0.39 is 5.69 Å². The van der Waals surface area contributed by atoms with Crippen molar-refractivity contribution in [2.75, 3.05) is 0 Å². The molecule has 0 radical (unpaired) electrons. The summed E-state index contributed by atoms with van der Waals surface area (Å²) in [7, 11) is 1.63. The van der Waals surface area contributed by atoms with Crippen LogP contribution in [0.3, 0.4) is 0 Å². The van der Waals surface area contributed by atoms with Gasteiger partial charge in [-0.15, -0.1) is 5.10 Å². The molecule has 9 heteroatoms. The molecule has 0 fully saturated rings. The fraction of sp³-hybridized carbons (Fsp3) is 0.143. The molecule has 0 saturated carbocycles. The predicted molar refractivity (Wildman–Crippen MR) is 79.8 cm³/mol. The van der Waals surface area contributed by atoms with Gasteiger partial charge < -0.3 is 0 Å². The maximum Gasteiger partial charge on any atom is 0.349 e. The smallest absolute Gasteiger partial charge is 0.270 e. The summed E-state index contributed by atoms with van der Waals surface area (Å²) in [6.07, 6.45) is 1.45. The molecule has 3 aromatic heterocycles. The van der Waals surface area contributed by atoms with Crippen LogP contribution in [0.2, 0.25) is 0 Å². The van der Waals surface area contributed by atoms with Crippen molar-refractivity contribution < 1.29 is 4.39 Å². The van der Waals surface area contributed by atoms with E-state index in [1.807, 2.05) is 0 Å². The molecule has 8 nitrogen and oxygen atoms in total. The third-order valence-electron chi connectivity index (χ3n) is 3.76. The van der Waals surface area contributed by atoms with Gasteiger partial charge in [-0.25, -0.2) is 18.7 Å². The van der Waals surface area contributed by atoms with Crippen molar-refractivity contribution >= 4 is 16.8 Å². The lowest BCUT2D eigenvalue weighted by molar-refractivity contribution is 0.626. The molecular weight excluding hydrogens is 303 g/mol. The Labute approximate surface area is 127 Å². The zero-order valence-electron chi connectivity index (χ0n) is 12.0. The van der Waals surface area contributed by atoms with Crippen molar-refractivity contribution in [3.63, 3.8) is 0 Å². The number of rotatable bonds is 2. The van der Waals surface area contributed by atoms with Gasteiger partial charge in [-0.3, -0.25) is 14.0 Å². The molecule has 0 saturated heterocycles. The monoisotopic (exact) mass is 314 g/mol. The van der Waals surface area contributed by atoms with Gasteiger partial charge >= 0.3 is 5.69 Å². The standard InChI is InChI=1S/C14H11FN6O2/c1-19-11-10(6-16-19)21-13(17-18-14(21)23)20(12(11)22)7-8-2-4-9(15)5-3-8/h2-6H,7H2,1H3,(H,18,23). The summed E-state index contributed by atoms with van der Waals surface area (Å²) in [5.74, 6) is -0.172. The van der Waals surface area contributed by atoms with Gasteiger partial charge in [-0.2, -0.15) is 5.10 Å². The molecule has 0 aliphatic rings. The van der Waals surface area contributed by atoms with E-state index >= 15 is 0 Å². The fourth-order valence-corrected chi connectivity index (χ4v) is 2.66. The first-order valence-electron chi connectivity index (χ1n) is 6.82. The highest BCUT2D eigenvalue weighted by Crippen LogP contribution is 2.11. The average Bonchev–Trinajstić information content (AvgIpc) is 3.09. The lowest BCUT2D eigenvalue weighted by Crippen LogP contribution is -2.26. The van der Waals surface area contributed by atoms with Gasteiger partial charge in [0.05, 0.1) is 12.7 Å². The minimum absolute atomic E-state index is 0.161. The van der Waals surface area contributed by atoms with E-state index in [1.165, 1.54) is 32.0 Å². The number of H-pyrrole nitrogens is 1. The molecule has 4 rings (SSSR count). The summed E-state index contributed by atoms with van der Waals surface area (Å²) in [4.78, 5) is 24.8. The topological polar surface area (TPSA) is 90.0 Å². The summed E-state index contributed by atoms with van der Waals surface area (Å²) in [6, 6.07) is 5.79. The SMILES string of the molecule is Cn1ncc2c1c(=O)n(Cc1ccc(F)cc1)c1n[nH]c(=O)n21. The molecule has 23 heavy (non-hydrogen) atoms. The van der Waals surface area contributed by atoms with E-state index in [4.69, 9.17) is 0 Å². The van der Waals surface area contributed by atoms with Crippen molar-refractivity contribution in [3.8, 4) is 0 Å². The van der Waals surface area contributed by atoms with Crippen LogP contribution in [-0.2, 0) is 13.6 Å². The molecule has 0 aliphatic heterocycles. The molecule has 0 atom stereocenters. The minimum atomic E-state index is -0.453. The molecule has 0 aliphatic carbocycles. The van der Waals surface area contributed by atoms with Crippen LogP contribution in [0.5, 0.6) is 0 Å². The van der Waals surface area contributed by atoms with E-state index in [1.54, 1.807) is 19.2 Å². The van der Waals surface area contributed by atoms with E-state index in [-0.39, 0.29) is 23.7 Å². The van der Waals surface area contributed by atoms with Crippen molar-refractivity contribution in [2.24, 2.45) is 7.05 Å². The van der Waals surface area contributed by atoms with Crippen molar-refractivity contribution in [1.82, 2.24) is 28.9 Å². The molecule has 0 bridgehead atoms. The number of aryl methyl sites for hydroxylation is 1. The highest BCUT2D eigenvalue weighted by molar-refractivity contribution is 5.76. The largest absolute Gasteiger partial charge is 0.349 e. The molecule has 4 aromatic rings. The fourth-order valence-electron chi connectivity index (χ4n) is 2.66. The summed E-state index contributed by atoms with van der Waals surface area (Å²) in [5.41, 5.74) is 0.624. The molecule has 3 heterocycles. The molecule has 0 amide bonds. The Kier molecular flexibility index (Phi) is 2.71. The Balaban J connectivity index is 2.06. The van der Waals surface area contributed by atoms with Crippen LogP contribution in [0.4, 0.5) is 4.39 Å². The number of hydrogen-bond acceptors (Lipinski definition) is 4. The van der Waals surface area contributed by atoms with Crippen LogP contribution in [0.25, 0.3) is 16.8 Å². The maximum absolute atomic E-state index is 13.0. The Morgan fingerprint density at radius 2 is 1.96 bits per heavy atom. The quantitative estimate of drug-likeness (QED) is 0.574. The second-order valence-electron chi connectivity index (χ2n) is 5.18. The highest BCUT2D eigenvalue weighted by Gasteiger charge is 2.17. The molecule has 0 spiro atoms. The normalized spacial score (nSPS) is 11.6. The zero-order valence-corrected chi connectivity index (χ0v) is 12.0. The van der Waals surface area contributed by atoms with E-state index in [0.29, 0.717) is 16.6 Å². The van der Waals surface area contributed by atoms with Crippen molar-refractivity contribution in [1.29, 1.82) is 0 Å².